The van der Waals surface area contributed by atoms with E-state index >= 15 is 0 Å². The van der Waals surface area contributed by atoms with Gasteiger partial charge in [0.1, 0.15) is 5.75 Å². The molecule has 1 saturated heterocycles. The molecule has 1 aromatic carbocycles. The molecule has 0 aliphatic carbocycles. The Hall–Kier alpha value is -1.06. The van der Waals surface area contributed by atoms with E-state index in [-0.39, 0.29) is 6.04 Å². The van der Waals surface area contributed by atoms with Crippen molar-refractivity contribution < 1.29 is 4.74 Å². The molecule has 0 spiro atoms. The minimum absolute atomic E-state index is 0.136. The lowest BCUT2D eigenvalue weighted by Crippen LogP contribution is -2.33. The molecule has 3 N–H and O–H groups in total. The van der Waals surface area contributed by atoms with Crippen molar-refractivity contribution in [2.45, 2.75) is 18.9 Å². The molecule has 0 radical (unpaired) electrons. The van der Waals surface area contributed by atoms with Gasteiger partial charge in [-0.3, -0.25) is 0 Å². The SMILES string of the molecule is COc1cccc(C(N)C2CCNCC2)c1. The number of ether oxygens (including phenoxy) is 1. The van der Waals surface area contributed by atoms with E-state index in [2.05, 4.69) is 11.4 Å². The van der Waals surface area contributed by atoms with Gasteiger partial charge in [-0.1, -0.05) is 12.1 Å². The van der Waals surface area contributed by atoms with Crippen LogP contribution >= 0.6 is 0 Å². The molecule has 1 aliphatic rings. The summed E-state index contributed by atoms with van der Waals surface area (Å²) in [5.74, 6) is 1.48. The minimum atomic E-state index is 0.136. The van der Waals surface area contributed by atoms with Crippen LogP contribution in [0.25, 0.3) is 0 Å². The van der Waals surface area contributed by atoms with Crippen molar-refractivity contribution in [1.82, 2.24) is 5.32 Å². The van der Waals surface area contributed by atoms with Crippen LogP contribution in [0.4, 0.5) is 0 Å². The van der Waals surface area contributed by atoms with Crippen LogP contribution in [0.1, 0.15) is 24.4 Å². The zero-order valence-corrected chi connectivity index (χ0v) is 9.78. The summed E-state index contributed by atoms with van der Waals surface area (Å²) in [5, 5.41) is 3.36. The third-order valence-electron chi connectivity index (χ3n) is 3.37. The summed E-state index contributed by atoms with van der Waals surface area (Å²) in [6.45, 7) is 2.17. The number of rotatable bonds is 3. The number of methoxy groups -OCH3 is 1. The zero-order valence-electron chi connectivity index (χ0n) is 9.78. The summed E-state index contributed by atoms with van der Waals surface area (Å²) in [4.78, 5) is 0. The van der Waals surface area contributed by atoms with Gasteiger partial charge in [-0.15, -0.1) is 0 Å². The normalized spacial score (nSPS) is 19.4. The maximum absolute atomic E-state index is 6.31. The molecule has 0 amide bonds. The van der Waals surface area contributed by atoms with Gasteiger partial charge in [-0.2, -0.15) is 0 Å². The summed E-state index contributed by atoms with van der Waals surface area (Å²) >= 11 is 0. The lowest BCUT2D eigenvalue weighted by Gasteiger charge is -2.28. The van der Waals surface area contributed by atoms with Crippen LogP contribution in [-0.4, -0.2) is 20.2 Å². The molecule has 1 aliphatic heterocycles. The fraction of sp³-hybridized carbons (Fsp3) is 0.538. The Morgan fingerprint density at radius 1 is 1.38 bits per heavy atom. The molecular weight excluding hydrogens is 200 g/mol. The molecule has 88 valence electrons. The van der Waals surface area contributed by atoms with Crippen molar-refractivity contribution in [2.24, 2.45) is 11.7 Å². The molecular formula is C13H20N2O. The predicted octanol–water partition coefficient (Wildman–Crippen LogP) is 1.69. The number of piperidine rings is 1. The van der Waals surface area contributed by atoms with Crippen molar-refractivity contribution in [1.29, 1.82) is 0 Å². The molecule has 16 heavy (non-hydrogen) atoms. The first kappa shape index (κ1) is 11.4. The highest BCUT2D eigenvalue weighted by molar-refractivity contribution is 5.30. The predicted molar refractivity (Wildman–Crippen MR) is 65.5 cm³/mol. The summed E-state index contributed by atoms with van der Waals surface area (Å²) in [6.07, 6.45) is 2.33. The lowest BCUT2D eigenvalue weighted by molar-refractivity contribution is 0.321. The van der Waals surface area contributed by atoms with Gasteiger partial charge >= 0.3 is 0 Å². The third kappa shape index (κ3) is 2.54. The molecule has 1 atom stereocenters. The molecule has 1 heterocycles. The van der Waals surface area contributed by atoms with Crippen molar-refractivity contribution in [2.75, 3.05) is 20.2 Å². The van der Waals surface area contributed by atoms with Gasteiger partial charge in [0.15, 0.2) is 0 Å². The number of nitrogens with two attached hydrogens (primary N) is 1. The Balaban J connectivity index is 2.09. The van der Waals surface area contributed by atoms with Crippen LogP contribution in [0.5, 0.6) is 5.75 Å². The molecule has 1 fully saturated rings. The van der Waals surface area contributed by atoms with Gasteiger partial charge < -0.3 is 15.8 Å². The van der Waals surface area contributed by atoms with E-state index in [4.69, 9.17) is 10.5 Å². The molecule has 0 aromatic heterocycles. The third-order valence-corrected chi connectivity index (χ3v) is 3.37. The largest absolute Gasteiger partial charge is 0.497 e. The second kappa shape index (κ2) is 5.32. The Labute approximate surface area is 97.0 Å². The van der Waals surface area contributed by atoms with E-state index in [1.54, 1.807) is 7.11 Å². The monoisotopic (exact) mass is 220 g/mol. The lowest BCUT2D eigenvalue weighted by atomic mass is 9.86. The van der Waals surface area contributed by atoms with Gasteiger partial charge in [-0.25, -0.2) is 0 Å². The van der Waals surface area contributed by atoms with E-state index in [1.165, 1.54) is 18.4 Å². The maximum atomic E-state index is 6.31. The highest BCUT2D eigenvalue weighted by Gasteiger charge is 2.21. The first-order chi connectivity index (χ1) is 7.81. The summed E-state index contributed by atoms with van der Waals surface area (Å²) in [6, 6.07) is 8.24. The number of benzene rings is 1. The molecule has 0 saturated carbocycles. The topological polar surface area (TPSA) is 47.3 Å². The van der Waals surface area contributed by atoms with Crippen LogP contribution in [0.3, 0.4) is 0 Å². The average molecular weight is 220 g/mol. The van der Waals surface area contributed by atoms with Gasteiger partial charge in [0, 0.05) is 6.04 Å². The van der Waals surface area contributed by atoms with Gasteiger partial charge in [-0.05, 0) is 49.5 Å². The van der Waals surface area contributed by atoms with E-state index in [0.29, 0.717) is 5.92 Å². The Morgan fingerprint density at radius 3 is 2.81 bits per heavy atom. The Kier molecular flexibility index (Phi) is 3.80. The van der Waals surface area contributed by atoms with Gasteiger partial charge in [0.25, 0.3) is 0 Å². The van der Waals surface area contributed by atoms with E-state index in [0.717, 1.165) is 18.8 Å². The smallest absolute Gasteiger partial charge is 0.119 e. The number of hydrogen-bond donors (Lipinski definition) is 2. The fourth-order valence-electron chi connectivity index (χ4n) is 2.32. The van der Waals surface area contributed by atoms with Crippen LogP contribution in [-0.2, 0) is 0 Å². The second-order valence-corrected chi connectivity index (χ2v) is 4.39. The van der Waals surface area contributed by atoms with Crippen LogP contribution in [0.15, 0.2) is 24.3 Å². The first-order valence-electron chi connectivity index (χ1n) is 5.91. The van der Waals surface area contributed by atoms with Crippen LogP contribution < -0.4 is 15.8 Å². The van der Waals surface area contributed by atoms with Crippen molar-refractivity contribution >= 4 is 0 Å². The molecule has 3 heteroatoms. The molecule has 1 aromatic rings. The molecule has 3 nitrogen and oxygen atoms in total. The van der Waals surface area contributed by atoms with E-state index < -0.39 is 0 Å². The van der Waals surface area contributed by atoms with Gasteiger partial charge in [0.2, 0.25) is 0 Å². The number of hydrogen-bond acceptors (Lipinski definition) is 3. The minimum Gasteiger partial charge on any atom is -0.497 e. The van der Waals surface area contributed by atoms with Gasteiger partial charge in [0.05, 0.1) is 7.11 Å². The standard InChI is InChI=1S/C13H20N2O/c1-16-12-4-2-3-11(9-12)13(14)10-5-7-15-8-6-10/h2-4,9-10,13,15H,5-8,14H2,1H3. The highest BCUT2D eigenvalue weighted by atomic mass is 16.5. The first-order valence-corrected chi connectivity index (χ1v) is 5.91. The summed E-state index contributed by atoms with van der Waals surface area (Å²) < 4.78 is 5.22. The van der Waals surface area contributed by atoms with Crippen LogP contribution in [0, 0.1) is 5.92 Å². The summed E-state index contributed by atoms with van der Waals surface area (Å²) in [5.41, 5.74) is 7.50. The van der Waals surface area contributed by atoms with Crippen molar-refractivity contribution in [3.8, 4) is 5.75 Å². The van der Waals surface area contributed by atoms with Crippen molar-refractivity contribution in [3.63, 3.8) is 0 Å². The maximum Gasteiger partial charge on any atom is 0.119 e. The average Bonchev–Trinajstić information content (AvgIpc) is 2.39. The fourth-order valence-corrected chi connectivity index (χ4v) is 2.32. The molecule has 2 rings (SSSR count). The summed E-state index contributed by atoms with van der Waals surface area (Å²) in [7, 11) is 1.69. The molecule has 1 unspecified atom stereocenters. The highest BCUT2D eigenvalue weighted by Crippen LogP contribution is 2.28. The Bertz CT molecular complexity index is 334. The number of nitrogens with one attached hydrogen (secondary N) is 1. The van der Waals surface area contributed by atoms with E-state index in [1.807, 2.05) is 18.2 Å². The van der Waals surface area contributed by atoms with Crippen LogP contribution in [0.2, 0.25) is 0 Å². The Morgan fingerprint density at radius 2 is 2.12 bits per heavy atom. The van der Waals surface area contributed by atoms with E-state index in [9.17, 15) is 0 Å². The molecule has 0 bridgehead atoms. The quantitative estimate of drug-likeness (QED) is 0.815. The zero-order chi connectivity index (χ0) is 11.4. The second-order valence-electron chi connectivity index (χ2n) is 4.39. The van der Waals surface area contributed by atoms with Crippen molar-refractivity contribution in [3.05, 3.63) is 29.8 Å².